The average molecular weight is 347 g/mol. The van der Waals surface area contributed by atoms with Crippen LogP contribution in [0, 0.1) is 17.7 Å². The standard InChI is InChI=1S/C18H22FN3OS/c1-12-7-13(2)9-22(8-12)10-14-11-24-18(20-14)21-17(23)15-5-3-4-6-16(15)19/h3-6,11-13H,7-10H2,1-2H3,(H,20,21,23)/t12-,13+. The molecule has 24 heavy (non-hydrogen) atoms. The van der Waals surface area contributed by atoms with Gasteiger partial charge < -0.3 is 0 Å². The highest BCUT2D eigenvalue weighted by atomic mass is 32.1. The van der Waals surface area contributed by atoms with Crippen molar-refractivity contribution in [2.75, 3.05) is 18.4 Å². The second-order valence-electron chi connectivity index (χ2n) is 6.72. The van der Waals surface area contributed by atoms with E-state index in [1.807, 2.05) is 5.38 Å². The van der Waals surface area contributed by atoms with Crippen molar-refractivity contribution < 1.29 is 9.18 Å². The Morgan fingerprint density at radius 2 is 2.04 bits per heavy atom. The molecule has 0 saturated carbocycles. The fraction of sp³-hybridized carbons (Fsp3) is 0.444. The van der Waals surface area contributed by atoms with Gasteiger partial charge in [-0.3, -0.25) is 15.0 Å². The number of likely N-dealkylation sites (tertiary alicyclic amines) is 1. The number of carbonyl (C=O) groups excluding carboxylic acids is 1. The molecule has 1 saturated heterocycles. The summed E-state index contributed by atoms with van der Waals surface area (Å²) in [4.78, 5) is 19.0. The summed E-state index contributed by atoms with van der Waals surface area (Å²) in [5, 5.41) is 5.15. The summed E-state index contributed by atoms with van der Waals surface area (Å²) in [6.45, 7) is 7.52. The molecule has 6 heteroatoms. The van der Waals surface area contributed by atoms with E-state index in [-0.39, 0.29) is 5.56 Å². The lowest BCUT2D eigenvalue weighted by Crippen LogP contribution is -2.38. The van der Waals surface area contributed by atoms with Crippen LogP contribution in [0.25, 0.3) is 0 Å². The van der Waals surface area contributed by atoms with Crippen LogP contribution in [0.1, 0.15) is 36.3 Å². The highest BCUT2D eigenvalue weighted by Gasteiger charge is 2.22. The van der Waals surface area contributed by atoms with Crippen LogP contribution in [-0.2, 0) is 6.54 Å². The number of thiazole rings is 1. The molecule has 0 radical (unpaired) electrons. The second kappa shape index (κ2) is 7.40. The molecule has 0 bridgehead atoms. The smallest absolute Gasteiger partial charge is 0.260 e. The largest absolute Gasteiger partial charge is 0.298 e. The Kier molecular flexibility index (Phi) is 5.26. The molecule has 2 heterocycles. The van der Waals surface area contributed by atoms with Crippen LogP contribution >= 0.6 is 11.3 Å². The van der Waals surface area contributed by atoms with E-state index in [9.17, 15) is 9.18 Å². The number of hydrogen-bond acceptors (Lipinski definition) is 4. The molecule has 0 spiro atoms. The third kappa shape index (κ3) is 4.19. The summed E-state index contributed by atoms with van der Waals surface area (Å²) in [6.07, 6.45) is 1.28. The molecule has 4 nitrogen and oxygen atoms in total. The van der Waals surface area contributed by atoms with Crippen molar-refractivity contribution in [1.29, 1.82) is 0 Å². The Labute approximate surface area is 145 Å². The number of piperidine rings is 1. The highest BCUT2D eigenvalue weighted by Crippen LogP contribution is 2.24. The van der Waals surface area contributed by atoms with E-state index in [4.69, 9.17) is 0 Å². The number of benzene rings is 1. The first-order valence-electron chi connectivity index (χ1n) is 8.24. The van der Waals surface area contributed by atoms with Crippen LogP contribution in [0.2, 0.25) is 0 Å². The van der Waals surface area contributed by atoms with Crippen molar-refractivity contribution in [3.63, 3.8) is 0 Å². The molecular weight excluding hydrogens is 325 g/mol. The minimum atomic E-state index is -0.525. The van der Waals surface area contributed by atoms with E-state index in [0.29, 0.717) is 17.0 Å². The molecule has 1 aliphatic rings. The number of hydrogen-bond donors (Lipinski definition) is 1. The van der Waals surface area contributed by atoms with E-state index in [0.717, 1.165) is 25.3 Å². The first-order valence-corrected chi connectivity index (χ1v) is 9.12. The number of nitrogens with one attached hydrogen (secondary N) is 1. The number of nitrogens with zero attached hydrogens (tertiary/aromatic N) is 2. The number of halogens is 1. The number of rotatable bonds is 4. The third-order valence-corrected chi connectivity index (χ3v) is 5.03. The topological polar surface area (TPSA) is 45.2 Å². The SMILES string of the molecule is C[C@@H]1C[C@H](C)CN(Cc2csc(NC(=O)c3ccccc3F)n2)C1. The van der Waals surface area contributed by atoms with Gasteiger partial charge >= 0.3 is 0 Å². The number of aromatic nitrogens is 1. The Balaban J connectivity index is 1.61. The summed E-state index contributed by atoms with van der Waals surface area (Å²) >= 11 is 1.38. The molecule has 1 aliphatic heterocycles. The average Bonchev–Trinajstić information content (AvgIpc) is 2.93. The molecule has 0 unspecified atom stereocenters. The zero-order valence-corrected chi connectivity index (χ0v) is 14.8. The zero-order chi connectivity index (χ0) is 17.1. The maximum atomic E-state index is 13.6. The fourth-order valence-electron chi connectivity index (χ4n) is 3.40. The molecule has 3 rings (SSSR count). The van der Waals surface area contributed by atoms with Crippen LogP contribution in [-0.4, -0.2) is 28.9 Å². The van der Waals surface area contributed by atoms with Gasteiger partial charge in [0, 0.05) is 25.0 Å². The predicted octanol–water partition coefficient (Wildman–Crippen LogP) is 4.01. The van der Waals surface area contributed by atoms with Crippen LogP contribution < -0.4 is 5.32 Å². The first kappa shape index (κ1) is 17.0. The number of amides is 1. The van der Waals surface area contributed by atoms with E-state index in [1.54, 1.807) is 12.1 Å². The van der Waals surface area contributed by atoms with E-state index in [1.165, 1.54) is 29.9 Å². The minimum Gasteiger partial charge on any atom is -0.298 e. The molecule has 1 amide bonds. The Bertz CT molecular complexity index is 708. The van der Waals surface area contributed by atoms with Crippen molar-refractivity contribution in [1.82, 2.24) is 9.88 Å². The number of anilines is 1. The van der Waals surface area contributed by atoms with E-state index in [2.05, 4.69) is 29.0 Å². The molecule has 1 N–H and O–H groups in total. The highest BCUT2D eigenvalue weighted by molar-refractivity contribution is 7.13. The van der Waals surface area contributed by atoms with Crippen LogP contribution in [0.15, 0.2) is 29.6 Å². The van der Waals surface area contributed by atoms with Crippen molar-refractivity contribution in [2.45, 2.75) is 26.8 Å². The van der Waals surface area contributed by atoms with Gasteiger partial charge in [0.2, 0.25) is 0 Å². The van der Waals surface area contributed by atoms with Crippen molar-refractivity contribution in [2.24, 2.45) is 11.8 Å². The van der Waals surface area contributed by atoms with Crippen molar-refractivity contribution >= 4 is 22.4 Å². The molecule has 128 valence electrons. The van der Waals surface area contributed by atoms with E-state index >= 15 is 0 Å². The van der Waals surface area contributed by atoms with Gasteiger partial charge in [-0.25, -0.2) is 9.37 Å². The summed E-state index contributed by atoms with van der Waals surface area (Å²) in [5.41, 5.74) is 0.984. The lowest BCUT2D eigenvalue weighted by Gasteiger charge is -2.34. The van der Waals surface area contributed by atoms with Crippen molar-refractivity contribution in [3.05, 3.63) is 46.7 Å². The van der Waals surface area contributed by atoms with E-state index < -0.39 is 11.7 Å². The van der Waals surface area contributed by atoms with Crippen LogP contribution in [0.5, 0.6) is 0 Å². The fourth-order valence-corrected chi connectivity index (χ4v) is 4.09. The predicted molar refractivity (Wildman–Crippen MR) is 94.7 cm³/mol. The van der Waals surface area contributed by atoms with Gasteiger partial charge in [-0.15, -0.1) is 11.3 Å². The molecule has 2 atom stereocenters. The molecular formula is C18H22FN3OS. The molecule has 1 aromatic heterocycles. The van der Waals surface area contributed by atoms with Gasteiger partial charge in [-0.2, -0.15) is 0 Å². The zero-order valence-electron chi connectivity index (χ0n) is 14.0. The molecule has 0 aliphatic carbocycles. The lowest BCUT2D eigenvalue weighted by atomic mass is 9.92. The van der Waals surface area contributed by atoms with Gasteiger partial charge in [0.1, 0.15) is 5.82 Å². The van der Waals surface area contributed by atoms with Gasteiger partial charge in [0.25, 0.3) is 5.91 Å². The minimum absolute atomic E-state index is 0.0351. The van der Waals surface area contributed by atoms with Gasteiger partial charge in [-0.1, -0.05) is 26.0 Å². The summed E-state index contributed by atoms with van der Waals surface area (Å²) in [7, 11) is 0. The van der Waals surface area contributed by atoms with Gasteiger partial charge in [0.15, 0.2) is 5.13 Å². The Hall–Kier alpha value is -1.79. The van der Waals surface area contributed by atoms with Crippen LogP contribution in [0.4, 0.5) is 9.52 Å². The normalized spacial score (nSPS) is 21.6. The lowest BCUT2D eigenvalue weighted by molar-refractivity contribution is 0.102. The quantitative estimate of drug-likeness (QED) is 0.909. The second-order valence-corrected chi connectivity index (χ2v) is 7.58. The summed E-state index contributed by atoms with van der Waals surface area (Å²) in [5.74, 6) is 0.414. The van der Waals surface area contributed by atoms with Gasteiger partial charge in [0.05, 0.1) is 11.3 Å². The molecule has 2 aromatic rings. The van der Waals surface area contributed by atoms with Gasteiger partial charge in [-0.05, 0) is 30.4 Å². The molecule has 1 aromatic carbocycles. The first-order chi connectivity index (χ1) is 11.5. The van der Waals surface area contributed by atoms with Crippen molar-refractivity contribution in [3.8, 4) is 0 Å². The maximum Gasteiger partial charge on any atom is 0.260 e. The Morgan fingerprint density at radius 3 is 2.75 bits per heavy atom. The third-order valence-electron chi connectivity index (χ3n) is 4.22. The number of carbonyl (C=O) groups is 1. The summed E-state index contributed by atoms with van der Waals surface area (Å²) < 4.78 is 13.6. The monoisotopic (exact) mass is 347 g/mol. The maximum absolute atomic E-state index is 13.6. The Morgan fingerprint density at radius 1 is 1.33 bits per heavy atom. The molecule has 1 fully saturated rings. The summed E-state index contributed by atoms with van der Waals surface area (Å²) in [6, 6.07) is 5.95. The van der Waals surface area contributed by atoms with Crippen LogP contribution in [0.3, 0.4) is 0 Å².